The Bertz CT molecular complexity index is 1470. The molecule has 1 aliphatic heterocycles. The van der Waals surface area contributed by atoms with Gasteiger partial charge in [0.05, 0.1) is 26.4 Å². The lowest BCUT2D eigenvalue weighted by molar-refractivity contribution is -0.130. The minimum atomic E-state index is -0.799. The van der Waals surface area contributed by atoms with Crippen molar-refractivity contribution < 1.29 is 33.3 Å². The number of benzene rings is 3. The van der Waals surface area contributed by atoms with Gasteiger partial charge >= 0.3 is 6.03 Å². The summed E-state index contributed by atoms with van der Waals surface area (Å²) in [6.07, 6.45) is 2.26. The average Bonchev–Trinajstić information content (AvgIpc) is 2.98. The molecule has 1 saturated heterocycles. The maximum absolute atomic E-state index is 13.4. The van der Waals surface area contributed by atoms with Crippen LogP contribution in [0.2, 0.25) is 5.02 Å². The summed E-state index contributed by atoms with van der Waals surface area (Å²) in [6.45, 7) is 7.27. The number of nitrogens with one attached hydrogen (secondary N) is 1. The molecule has 0 unspecified atom stereocenters. The fourth-order valence-electron chi connectivity index (χ4n) is 4.18. The lowest BCUT2D eigenvalue weighted by Gasteiger charge is -2.26. The maximum atomic E-state index is 13.4. The van der Waals surface area contributed by atoms with Crippen molar-refractivity contribution in [2.75, 3.05) is 19.8 Å². The normalized spacial score (nSPS) is 14.1. The number of nitrogens with zero attached hydrogens (tertiary/aromatic N) is 1. The molecule has 1 heterocycles. The highest BCUT2D eigenvalue weighted by molar-refractivity contribution is 6.31. The number of halogens is 1. The number of carbonyl (C=O) groups is 3. The summed E-state index contributed by atoms with van der Waals surface area (Å²) in [6, 6.07) is 16.8. The Labute approximate surface area is 250 Å². The molecule has 1 N–H and O–H groups in total. The van der Waals surface area contributed by atoms with Gasteiger partial charge in [0, 0.05) is 5.02 Å². The van der Waals surface area contributed by atoms with Gasteiger partial charge in [-0.3, -0.25) is 19.8 Å². The molecule has 0 bridgehead atoms. The Balaban J connectivity index is 1.55. The number of carbonyl (C=O) groups excluding carboxylic acids is 3. The van der Waals surface area contributed by atoms with E-state index in [0.29, 0.717) is 65.6 Å². The van der Waals surface area contributed by atoms with Crippen LogP contribution in [0.25, 0.3) is 6.08 Å². The van der Waals surface area contributed by atoms with Crippen LogP contribution in [0.4, 0.5) is 4.79 Å². The van der Waals surface area contributed by atoms with Gasteiger partial charge in [-0.1, -0.05) is 42.8 Å². The second-order valence-corrected chi connectivity index (χ2v) is 9.76. The molecule has 10 heteroatoms. The first-order valence-electron chi connectivity index (χ1n) is 13.7. The molecule has 1 fully saturated rings. The number of urea groups is 1. The Morgan fingerprint density at radius 2 is 1.40 bits per heavy atom. The highest BCUT2D eigenvalue weighted by Crippen LogP contribution is 2.32. The van der Waals surface area contributed by atoms with Gasteiger partial charge in [-0.15, -0.1) is 0 Å². The fraction of sp³-hybridized carbons (Fsp3) is 0.281. The molecular weight excluding hydrogens is 560 g/mol. The van der Waals surface area contributed by atoms with E-state index in [1.807, 2.05) is 32.9 Å². The van der Waals surface area contributed by atoms with Gasteiger partial charge in [0.15, 0.2) is 23.0 Å². The second kappa shape index (κ2) is 14.4. The van der Waals surface area contributed by atoms with Gasteiger partial charge in [-0.2, -0.15) is 0 Å². The number of rotatable bonds is 13. The van der Waals surface area contributed by atoms with Gasteiger partial charge in [0.1, 0.15) is 12.2 Å². The monoisotopic (exact) mass is 592 g/mol. The lowest BCUT2D eigenvalue weighted by Crippen LogP contribution is -2.53. The van der Waals surface area contributed by atoms with E-state index < -0.39 is 17.8 Å². The van der Waals surface area contributed by atoms with Crippen molar-refractivity contribution in [3.63, 3.8) is 0 Å². The van der Waals surface area contributed by atoms with E-state index in [0.717, 1.165) is 16.9 Å². The van der Waals surface area contributed by atoms with Gasteiger partial charge < -0.3 is 18.9 Å². The summed E-state index contributed by atoms with van der Waals surface area (Å²) >= 11 is 5.96. The Kier molecular flexibility index (Phi) is 10.4. The molecular formula is C32H33ClN2O7. The molecule has 0 spiro atoms. The average molecular weight is 593 g/mol. The van der Waals surface area contributed by atoms with Crippen LogP contribution in [0.1, 0.15) is 43.9 Å². The van der Waals surface area contributed by atoms with Crippen LogP contribution in [-0.4, -0.2) is 42.6 Å². The largest absolute Gasteiger partial charge is 0.490 e. The van der Waals surface area contributed by atoms with Crippen LogP contribution in [0, 0.1) is 0 Å². The van der Waals surface area contributed by atoms with Crippen LogP contribution in [0.5, 0.6) is 23.0 Å². The van der Waals surface area contributed by atoms with Crippen molar-refractivity contribution in [1.82, 2.24) is 10.2 Å². The Morgan fingerprint density at radius 3 is 2.10 bits per heavy atom. The molecule has 4 amide bonds. The zero-order chi connectivity index (χ0) is 30.1. The van der Waals surface area contributed by atoms with Crippen molar-refractivity contribution in [2.24, 2.45) is 0 Å². The van der Waals surface area contributed by atoms with E-state index in [2.05, 4.69) is 5.32 Å². The van der Waals surface area contributed by atoms with Crippen LogP contribution in [0.15, 0.2) is 66.2 Å². The standard InChI is InChI=1S/C32H33ClN2O7/c1-4-15-41-26-14-10-23(18-29(26)40-6-3)19-35-31(37)25(30(36)34-32(35)38)16-22-9-13-27(28(17-22)39-5-2)42-20-21-7-11-24(33)12-8-21/h7-14,16-18H,4-6,15,19-20H2,1-3H3,(H,34,36,38)/b25-16+. The van der Waals surface area contributed by atoms with Crippen LogP contribution in [0.3, 0.4) is 0 Å². The second-order valence-electron chi connectivity index (χ2n) is 9.33. The minimum absolute atomic E-state index is 0.0644. The van der Waals surface area contributed by atoms with Crippen molar-refractivity contribution in [3.05, 3.63) is 87.9 Å². The third kappa shape index (κ3) is 7.61. The quantitative estimate of drug-likeness (QED) is 0.187. The zero-order valence-electron chi connectivity index (χ0n) is 23.8. The highest BCUT2D eigenvalue weighted by atomic mass is 35.5. The number of hydrogen-bond acceptors (Lipinski definition) is 7. The Hall–Kier alpha value is -4.50. The molecule has 3 aromatic rings. The maximum Gasteiger partial charge on any atom is 0.331 e. The summed E-state index contributed by atoms with van der Waals surface area (Å²) in [5.41, 5.74) is 1.92. The molecule has 0 radical (unpaired) electrons. The number of amides is 4. The van der Waals surface area contributed by atoms with Crippen LogP contribution >= 0.6 is 11.6 Å². The van der Waals surface area contributed by atoms with E-state index in [9.17, 15) is 14.4 Å². The predicted octanol–water partition coefficient (Wildman–Crippen LogP) is 6.17. The summed E-state index contributed by atoms with van der Waals surface area (Å²) in [7, 11) is 0. The first-order chi connectivity index (χ1) is 20.3. The van der Waals surface area contributed by atoms with Crippen molar-refractivity contribution in [2.45, 2.75) is 40.3 Å². The number of imide groups is 2. The number of barbiturate groups is 1. The molecule has 0 aliphatic carbocycles. The van der Waals surface area contributed by atoms with Crippen molar-refractivity contribution in [1.29, 1.82) is 0 Å². The number of ether oxygens (including phenoxy) is 4. The fourth-order valence-corrected chi connectivity index (χ4v) is 4.31. The molecule has 9 nitrogen and oxygen atoms in total. The third-order valence-corrected chi connectivity index (χ3v) is 6.43. The molecule has 0 saturated carbocycles. The smallest absolute Gasteiger partial charge is 0.331 e. The summed E-state index contributed by atoms with van der Waals surface area (Å²) in [5.74, 6) is 0.558. The topological polar surface area (TPSA) is 103 Å². The first kappa shape index (κ1) is 30.5. The lowest BCUT2D eigenvalue weighted by atomic mass is 10.1. The highest BCUT2D eigenvalue weighted by Gasteiger charge is 2.36. The number of hydrogen-bond donors (Lipinski definition) is 1. The van der Waals surface area contributed by atoms with E-state index >= 15 is 0 Å². The van der Waals surface area contributed by atoms with Gasteiger partial charge in [-0.25, -0.2) is 4.79 Å². The van der Waals surface area contributed by atoms with Gasteiger partial charge in [-0.05, 0) is 79.4 Å². The first-order valence-corrected chi connectivity index (χ1v) is 14.1. The van der Waals surface area contributed by atoms with Crippen molar-refractivity contribution >= 4 is 35.5 Å². The van der Waals surface area contributed by atoms with E-state index in [1.54, 1.807) is 48.5 Å². The van der Waals surface area contributed by atoms with Gasteiger partial charge in [0.2, 0.25) is 0 Å². The molecule has 4 rings (SSSR count). The zero-order valence-corrected chi connectivity index (χ0v) is 24.5. The molecule has 0 atom stereocenters. The summed E-state index contributed by atoms with van der Waals surface area (Å²) in [4.78, 5) is 39.8. The van der Waals surface area contributed by atoms with E-state index in [-0.39, 0.29) is 12.1 Å². The molecule has 42 heavy (non-hydrogen) atoms. The molecule has 220 valence electrons. The molecule has 0 aromatic heterocycles. The third-order valence-electron chi connectivity index (χ3n) is 6.18. The molecule has 3 aromatic carbocycles. The van der Waals surface area contributed by atoms with Crippen LogP contribution in [-0.2, 0) is 22.7 Å². The SMILES string of the molecule is CCCOc1ccc(CN2C(=O)NC(=O)/C(=C\c3ccc(OCc4ccc(Cl)cc4)c(OCC)c3)C2=O)cc1OCC. The Morgan fingerprint density at radius 1 is 0.762 bits per heavy atom. The van der Waals surface area contributed by atoms with E-state index in [1.165, 1.54) is 6.08 Å². The van der Waals surface area contributed by atoms with Crippen LogP contribution < -0.4 is 24.3 Å². The predicted molar refractivity (Wildman–Crippen MR) is 159 cm³/mol. The summed E-state index contributed by atoms with van der Waals surface area (Å²) < 4.78 is 23.2. The van der Waals surface area contributed by atoms with Crippen molar-refractivity contribution in [3.8, 4) is 23.0 Å². The minimum Gasteiger partial charge on any atom is -0.490 e. The molecule has 1 aliphatic rings. The van der Waals surface area contributed by atoms with E-state index in [4.69, 9.17) is 30.5 Å². The summed E-state index contributed by atoms with van der Waals surface area (Å²) in [5, 5.41) is 2.90. The van der Waals surface area contributed by atoms with Gasteiger partial charge in [0.25, 0.3) is 11.8 Å².